The first kappa shape index (κ1) is 20.8. The van der Waals surface area contributed by atoms with E-state index in [1.165, 1.54) is 5.56 Å². The minimum atomic E-state index is 0.125. The van der Waals surface area contributed by atoms with Crippen molar-refractivity contribution in [3.05, 3.63) is 47.4 Å². The lowest BCUT2D eigenvalue weighted by Crippen LogP contribution is -2.44. The fourth-order valence-corrected chi connectivity index (χ4v) is 4.27. The van der Waals surface area contributed by atoms with Gasteiger partial charge in [-0.3, -0.25) is 9.69 Å². The number of furan rings is 1. The highest BCUT2D eigenvalue weighted by Crippen LogP contribution is 2.33. The number of methoxy groups -OCH3 is 2. The highest BCUT2D eigenvalue weighted by molar-refractivity contribution is 5.78. The molecule has 0 saturated carbocycles. The van der Waals surface area contributed by atoms with Crippen LogP contribution in [0.3, 0.4) is 0 Å². The summed E-state index contributed by atoms with van der Waals surface area (Å²) in [6.45, 7) is 3.79. The molecule has 4 rings (SSSR count). The standard InChI is InChI=1S/C23H30N2O5/c1-27-21-11-17-7-8-25(13-18(17)12-22(21)28-2)23(26)16-24(14-19-5-3-9-29-19)15-20-6-4-10-30-20/h3,5,9,11-12,20H,4,6-8,10,13-16H2,1-2H3. The van der Waals surface area contributed by atoms with Crippen molar-refractivity contribution in [1.29, 1.82) is 0 Å². The molecule has 7 heteroatoms. The molecule has 162 valence electrons. The summed E-state index contributed by atoms with van der Waals surface area (Å²) in [5, 5.41) is 0. The van der Waals surface area contributed by atoms with Crippen LogP contribution in [-0.4, -0.2) is 62.3 Å². The van der Waals surface area contributed by atoms with Crippen LogP contribution in [0.1, 0.15) is 29.7 Å². The van der Waals surface area contributed by atoms with Gasteiger partial charge in [-0.25, -0.2) is 0 Å². The molecule has 0 N–H and O–H groups in total. The van der Waals surface area contributed by atoms with Gasteiger partial charge in [0.25, 0.3) is 0 Å². The van der Waals surface area contributed by atoms with E-state index in [1.54, 1.807) is 20.5 Å². The number of carbonyl (C=O) groups excluding carboxylic acids is 1. The number of hydrogen-bond donors (Lipinski definition) is 0. The van der Waals surface area contributed by atoms with Crippen molar-refractivity contribution in [3.63, 3.8) is 0 Å². The molecule has 0 spiro atoms. The number of hydrogen-bond acceptors (Lipinski definition) is 6. The van der Waals surface area contributed by atoms with Crippen molar-refractivity contribution in [2.45, 2.75) is 38.5 Å². The van der Waals surface area contributed by atoms with Gasteiger partial charge in [0.15, 0.2) is 11.5 Å². The van der Waals surface area contributed by atoms with Crippen molar-refractivity contribution < 1.29 is 23.4 Å². The van der Waals surface area contributed by atoms with Crippen LogP contribution in [0.15, 0.2) is 34.9 Å². The fraction of sp³-hybridized carbons (Fsp3) is 0.522. The Morgan fingerprint density at radius 1 is 1.23 bits per heavy atom. The van der Waals surface area contributed by atoms with Crippen LogP contribution in [0.2, 0.25) is 0 Å². The van der Waals surface area contributed by atoms with Crippen molar-refractivity contribution in [3.8, 4) is 11.5 Å². The van der Waals surface area contributed by atoms with Crippen LogP contribution in [0, 0.1) is 0 Å². The maximum absolute atomic E-state index is 13.2. The van der Waals surface area contributed by atoms with Gasteiger partial charge in [-0.15, -0.1) is 0 Å². The van der Waals surface area contributed by atoms with Crippen LogP contribution in [0.4, 0.5) is 0 Å². The number of rotatable bonds is 8. The van der Waals surface area contributed by atoms with Crippen molar-refractivity contribution in [1.82, 2.24) is 9.80 Å². The lowest BCUT2D eigenvalue weighted by atomic mass is 9.98. The fourth-order valence-electron chi connectivity index (χ4n) is 4.27. The van der Waals surface area contributed by atoms with E-state index in [9.17, 15) is 4.79 Å². The predicted octanol–water partition coefficient (Wildman–Crippen LogP) is 2.86. The summed E-state index contributed by atoms with van der Waals surface area (Å²) in [6, 6.07) is 7.84. The van der Waals surface area contributed by atoms with E-state index in [0.29, 0.717) is 31.9 Å². The zero-order valence-corrected chi connectivity index (χ0v) is 17.8. The highest BCUT2D eigenvalue weighted by atomic mass is 16.5. The van der Waals surface area contributed by atoms with E-state index < -0.39 is 0 Å². The summed E-state index contributed by atoms with van der Waals surface area (Å²) >= 11 is 0. The summed E-state index contributed by atoms with van der Waals surface area (Å²) in [5.74, 6) is 2.42. The highest BCUT2D eigenvalue weighted by Gasteiger charge is 2.26. The maximum Gasteiger partial charge on any atom is 0.237 e. The second-order valence-electron chi connectivity index (χ2n) is 7.93. The quantitative estimate of drug-likeness (QED) is 0.662. The Morgan fingerprint density at radius 2 is 2.03 bits per heavy atom. The Morgan fingerprint density at radius 3 is 2.70 bits per heavy atom. The van der Waals surface area contributed by atoms with Gasteiger partial charge in [-0.05, 0) is 54.7 Å². The van der Waals surface area contributed by atoms with E-state index in [2.05, 4.69) is 4.90 Å². The van der Waals surface area contributed by atoms with Gasteiger partial charge < -0.3 is 23.5 Å². The zero-order valence-electron chi connectivity index (χ0n) is 17.8. The monoisotopic (exact) mass is 414 g/mol. The first-order valence-electron chi connectivity index (χ1n) is 10.5. The van der Waals surface area contributed by atoms with Gasteiger partial charge in [0.05, 0.1) is 39.7 Å². The molecule has 1 fully saturated rings. The number of amides is 1. The maximum atomic E-state index is 13.2. The van der Waals surface area contributed by atoms with Crippen LogP contribution < -0.4 is 9.47 Å². The summed E-state index contributed by atoms with van der Waals surface area (Å²) in [7, 11) is 3.28. The zero-order chi connectivity index (χ0) is 20.9. The molecule has 1 aromatic heterocycles. The summed E-state index contributed by atoms with van der Waals surface area (Å²) < 4.78 is 22.2. The third-order valence-electron chi connectivity index (χ3n) is 5.87. The lowest BCUT2D eigenvalue weighted by molar-refractivity contribution is -0.133. The van der Waals surface area contributed by atoms with E-state index in [-0.39, 0.29) is 12.0 Å². The van der Waals surface area contributed by atoms with Crippen LogP contribution in [0.25, 0.3) is 0 Å². The Labute approximate surface area is 177 Å². The SMILES string of the molecule is COc1cc2c(cc1OC)CN(C(=O)CN(Cc1ccco1)CC1CCCO1)CC2. The smallest absolute Gasteiger partial charge is 0.237 e. The molecule has 1 unspecified atom stereocenters. The van der Waals surface area contributed by atoms with Crippen molar-refractivity contribution >= 4 is 5.91 Å². The van der Waals surface area contributed by atoms with Gasteiger partial charge in [0.2, 0.25) is 5.91 Å². The van der Waals surface area contributed by atoms with E-state index >= 15 is 0 Å². The molecule has 0 aliphatic carbocycles. The Hall–Kier alpha value is -2.51. The summed E-state index contributed by atoms with van der Waals surface area (Å²) in [4.78, 5) is 17.2. The molecule has 2 aliphatic rings. The summed E-state index contributed by atoms with van der Waals surface area (Å²) in [6.07, 6.45) is 4.80. The lowest BCUT2D eigenvalue weighted by Gasteiger charge is -2.32. The number of ether oxygens (including phenoxy) is 3. The van der Waals surface area contributed by atoms with E-state index in [0.717, 1.165) is 49.5 Å². The Balaban J connectivity index is 1.43. The van der Waals surface area contributed by atoms with Gasteiger partial charge in [0.1, 0.15) is 5.76 Å². The molecule has 2 aliphatic heterocycles. The van der Waals surface area contributed by atoms with E-state index in [4.69, 9.17) is 18.6 Å². The molecule has 1 atom stereocenters. The first-order chi connectivity index (χ1) is 14.7. The molecule has 30 heavy (non-hydrogen) atoms. The predicted molar refractivity (Wildman–Crippen MR) is 112 cm³/mol. The minimum Gasteiger partial charge on any atom is -0.493 e. The molecule has 1 amide bonds. The molecule has 0 radical (unpaired) electrons. The number of carbonyl (C=O) groups is 1. The first-order valence-corrected chi connectivity index (χ1v) is 10.5. The average molecular weight is 415 g/mol. The normalized spacial score (nSPS) is 18.5. The Bertz CT molecular complexity index is 846. The van der Waals surface area contributed by atoms with Gasteiger partial charge in [0, 0.05) is 26.2 Å². The van der Waals surface area contributed by atoms with Gasteiger partial charge in [-0.2, -0.15) is 0 Å². The molecule has 3 heterocycles. The molecule has 1 saturated heterocycles. The number of benzene rings is 1. The van der Waals surface area contributed by atoms with E-state index in [1.807, 2.05) is 29.2 Å². The number of nitrogens with zero attached hydrogens (tertiary/aromatic N) is 2. The van der Waals surface area contributed by atoms with Crippen LogP contribution in [0.5, 0.6) is 11.5 Å². The molecule has 0 bridgehead atoms. The Kier molecular flexibility index (Phi) is 6.59. The van der Waals surface area contributed by atoms with Crippen LogP contribution >= 0.6 is 0 Å². The van der Waals surface area contributed by atoms with Crippen molar-refractivity contribution in [2.75, 3.05) is 40.5 Å². The average Bonchev–Trinajstić information content (AvgIpc) is 3.46. The third kappa shape index (κ3) is 4.79. The summed E-state index contributed by atoms with van der Waals surface area (Å²) in [5.41, 5.74) is 2.33. The minimum absolute atomic E-state index is 0.125. The third-order valence-corrected chi connectivity index (χ3v) is 5.87. The van der Waals surface area contributed by atoms with Crippen LogP contribution in [-0.2, 0) is 29.0 Å². The molecular weight excluding hydrogens is 384 g/mol. The van der Waals surface area contributed by atoms with Gasteiger partial charge >= 0.3 is 0 Å². The van der Waals surface area contributed by atoms with Crippen molar-refractivity contribution in [2.24, 2.45) is 0 Å². The molecular formula is C23H30N2O5. The largest absolute Gasteiger partial charge is 0.493 e. The second-order valence-corrected chi connectivity index (χ2v) is 7.93. The number of fused-ring (bicyclic) bond motifs is 1. The molecule has 7 nitrogen and oxygen atoms in total. The topological polar surface area (TPSA) is 64.4 Å². The molecule has 1 aromatic carbocycles. The second kappa shape index (κ2) is 9.53. The van der Waals surface area contributed by atoms with Gasteiger partial charge in [-0.1, -0.05) is 0 Å². The molecule has 2 aromatic rings.